The second-order valence-electron chi connectivity index (χ2n) is 3.15. The van der Waals surface area contributed by atoms with Gasteiger partial charge in [0.1, 0.15) is 0 Å². The quantitative estimate of drug-likeness (QED) is 0.797. The van der Waals surface area contributed by atoms with Gasteiger partial charge in [0, 0.05) is 18.8 Å². The van der Waals surface area contributed by atoms with Crippen molar-refractivity contribution in [2.75, 3.05) is 7.05 Å². The van der Waals surface area contributed by atoms with Gasteiger partial charge in [-0.15, -0.1) is 0 Å². The summed E-state index contributed by atoms with van der Waals surface area (Å²) in [4.78, 5) is 11.3. The Balaban J connectivity index is 0.000000606. The van der Waals surface area contributed by atoms with E-state index in [9.17, 15) is 4.79 Å². The van der Waals surface area contributed by atoms with Crippen molar-refractivity contribution < 1.29 is 4.79 Å². The lowest BCUT2D eigenvalue weighted by atomic mass is 10.2. The molecular formula is C12H17N3O. The minimum absolute atomic E-state index is 0.0775. The highest BCUT2D eigenvalue weighted by atomic mass is 16.1. The first-order valence-corrected chi connectivity index (χ1v) is 5.39. The minimum Gasteiger partial charge on any atom is -0.355 e. The summed E-state index contributed by atoms with van der Waals surface area (Å²) in [6.07, 6.45) is 1.78. The Hall–Kier alpha value is -1.84. The number of aryl methyl sites for hydroxylation is 1. The Labute approximate surface area is 95.3 Å². The third kappa shape index (κ3) is 2.39. The smallest absolute Gasteiger partial charge is 0.251 e. The van der Waals surface area contributed by atoms with Crippen LogP contribution in [-0.2, 0) is 0 Å². The van der Waals surface area contributed by atoms with Crippen molar-refractivity contribution in [1.82, 2.24) is 14.9 Å². The van der Waals surface area contributed by atoms with Gasteiger partial charge < -0.3 is 5.32 Å². The summed E-state index contributed by atoms with van der Waals surface area (Å²) in [6.45, 7) is 5.92. The molecule has 0 bridgehead atoms. The molecule has 1 amide bonds. The number of amides is 1. The predicted octanol–water partition coefficient (Wildman–Crippen LogP) is 2.03. The molecule has 0 aliphatic heterocycles. The highest BCUT2D eigenvalue weighted by Gasteiger charge is 2.04. The Kier molecular flexibility index (Phi) is 4.05. The number of hydrogen-bond donors (Lipinski definition) is 1. The normalized spacial score (nSPS) is 9.50. The van der Waals surface area contributed by atoms with E-state index < -0.39 is 0 Å². The highest BCUT2D eigenvalue weighted by molar-refractivity contribution is 5.94. The molecule has 4 nitrogen and oxygen atoms in total. The van der Waals surface area contributed by atoms with Crippen molar-refractivity contribution >= 4 is 11.4 Å². The maximum atomic E-state index is 11.3. The topological polar surface area (TPSA) is 46.4 Å². The first-order chi connectivity index (χ1) is 7.70. The Morgan fingerprint density at radius 2 is 2.06 bits per heavy atom. The van der Waals surface area contributed by atoms with Crippen LogP contribution in [0.3, 0.4) is 0 Å². The number of aromatic nitrogens is 2. The van der Waals surface area contributed by atoms with E-state index in [1.807, 2.05) is 32.9 Å². The first kappa shape index (κ1) is 12.2. The second kappa shape index (κ2) is 5.30. The molecule has 0 aromatic carbocycles. The molecule has 0 saturated carbocycles. The van der Waals surface area contributed by atoms with Crippen molar-refractivity contribution in [3.63, 3.8) is 0 Å². The number of carbonyl (C=O) groups is 1. The predicted molar refractivity (Wildman–Crippen MR) is 64.7 cm³/mol. The molecule has 0 aliphatic rings. The standard InChI is InChI=1S/C10H11N3O.C2H6/c1-7-5-9-6-8(10(14)11-2)3-4-13(9)12-7;1-2/h3-6H,1-2H3,(H,11,14);1-2H3. The summed E-state index contributed by atoms with van der Waals surface area (Å²) in [5.74, 6) is -0.0775. The maximum Gasteiger partial charge on any atom is 0.251 e. The number of rotatable bonds is 1. The largest absolute Gasteiger partial charge is 0.355 e. The molecule has 0 aliphatic carbocycles. The van der Waals surface area contributed by atoms with E-state index in [0.717, 1.165) is 11.2 Å². The summed E-state index contributed by atoms with van der Waals surface area (Å²) in [6, 6.07) is 5.50. The molecular weight excluding hydrogens is 202 g/mol. The Morgan fingerprint density at radius 1 is 1.38 bits per heavy atom. The molecule has 0 spiro atoms. The van der Waals surface area contributed by atoms with Crippen LogP contribution in [0.25, 0.3) is 5.52 Å². The molecule has 4 heteroatoms. The average Bonchev–Trinajstić information content (AvgIpc) is 2.69. The zero-order chi connectivity index (χ0) is 12.1. The number of fused-ring (bicyclic) bond motifs is 1. The van der Waals surface area contributed by atoms with Crippen LogP contribution < -0.4 is 5.32 Å². The van der Waals surface area contributed by atoms with Crippen LogP contribution in [0.2, 0.25) is 0 Å². The van der Waals surface area contributed by atoms with E-state index in [1.165, 1.54) is 0 Å². The monoisotopic (exact) mass is 219 g/mol. The van der Waals surface area contributed by atoms with E-state index in [1.54, 1.807) is 23.8 Å². The average molecular weight is 219 g/mol. The van der Waals surface area contributed by atoms with Gasteiger partial charge in [-0.3, -0.25) is 4.79 Å². The summed E-state index contributed by atoms with van der Waals surface area (Å²) < 4.78 is 1.75. The van der Waals surface area contributed by atoms with Crippen LogP contribution >= 0.6 is 0 Å². The minimum atomic E-state index is -0.0775. The lowest BCUT2D eigenvalue weighted by molar-refractivity contribution is 0.0963. The molecule has 2 aromatic heterocycles. The van der Waals surface area contributed by atoms with Gasteiger partial charge >= 0.3 is 0 Å². The van der Waals surface area contributed by atoms with E-state index in [0.29, 0.717) is 5.56 Å². The van der Waals surface area contributed by atoms with Crippen LogP contribution in [0.1, 0.15) is 29.9 Å². The molecule has 0 fully saturated rings. The molecule has 2 rings (SSSR count). The maximum absolute atomic E-state index is 11.3. The third-order valence-corrected chi connectivity index (χ3v) is 2.07. The van der Waals surface area contributed by atoms with Gasteiger partial charge in [-0.1, -0.05) is 13.8 Å². The van der Waals surface area contributed by atoms with Gasteiger partial charge in [-0.2, -0.15) is 5.10 Å². The Bertz CT molecular complexity index is 488. The van der Waals surface area contributed by atoms with Gasteiger partial charge in [0.15, 0.2) is 0 Å². The third-order valence-electron chi connectivity index (χ3n) is 2.07. The summed E-state index contributed by atoms with van der Waals surface area (Å²) in [5.41, 5.74) is 2.53. The van der Waals surface area contributed by atoms with Gasteiger partial charge in [-0.05, 0) is 25.1 Å². The number of carbonyl (C=O) groups excluding carboxylic acids is 1. The van der Waals surface area contributed by atoms with Crippen LogP contribution in [0.15, 0.2) is 24.4 Å². The van der Waals surface area contributed by atoms with Gasteiger partial charge in [0.25, 0.3) is 5.91 Å². The van der Waals surface area contributed by atoms with Crippen LogP contribution in [0.4, 0.5) is 0 Å². The highest BCUT2D eigenvalue weighted by Crippen LogP contribution is 2.08. The van der Waals surface area contributed by atoms with Crippen molar-refractivity contribution in [3.8, 4) is 0 Å². The molecule has 2 aromatic rings. The van der Waals surface area contributed by atoms with Crippen molar-refractivity contribution in [2.24, 2.45) is 0 Å². The lowest BCUT2D eigenvalue weighted by Crippen LogP contribution is -2.17. The first-order valence-electron chi connectivity index (χ1n) is 5.39. The molecule has 16 heavy (non-hydrogen) atoms. The molecule has 0 unspecified atom stereocenters. The van der Waals surface area contributed by atoms with Crippen LogP contribution in [0.5, 0.6) is 0 Å². The van der Waals surface area contributed by atoms with Crippen molar-refractivity contribution in [2.45, 2.75) is 20.8 Å². The zero-order valence-electron chi connectivity index (χ0n) is 10.1. The summed E-state index contributed by atoms with van der Waals surface area (Å²) in [7, 11) is 1.62. The van der Waals surface area contributed by atoms with E-state index in [-0.39, 0.29) is 5.91 Å². The summed E-state index contributed by atoms with van der Waals surface area (Å²) >= 11 is 0. The summed E-state index contributed by atoms with van der Waals surface area (Å²) in [5, 5.41) is 6.81. The van der Waals surface area contributed by atoms with Crippen molar-refractivity contribution in [1.29, 1.82) is 0 Å². The van der Waals surface area contributed by atoms with Crippen molar-refractivity contribution in [3.05, 3.63) is 35.7 Å². The number of hydrogen-bond acceptors (Lipinski definition) is 2. The molecule has 1 N–H and O–H groups in total. The second-order valence-corrected chi connectivity index (χ2v) is 3.15. The number of nitrogens with one attached hydrogen (secondary N) is 1. The van der Waals surface area contributed by atoms with E-state index in [4.69, 9.17) is 0 Å². The SMILES string of the molecule is CC.CNC(=O)c1ccn2nc(C)cc2c1. The molecule has 86 valence electrons. The molecule has 2 heterocycles. The molecule has 0 saturated heterocycles. The van der Waals surface area contributed by atoms with E-state index >= 15 is 0 Å². The fraction of sp³-hybridized carbons (Fsp3) is 0.333. The zero-order valence-corrected chi connectivity index (χ0v) is 10.1. The fourth-order valence-corrected chi connectivity index (χ4v) is 1.41. The number of pyridine rings is 1. The van der Waals surface area contributed by atoms with Gasteiger partial charge in [-0.25, -0.2) is 4.52 Å². The van der Waals surface area contributed by atoms with Gasteiger partial charge in [0.2, 0.25) is 0 Å². The fourth-order valence-electron chi connectivity index (χ4n) is 1.41. The Morgan fingerprint density at radius 3 is 2.69 bits per heavy atom. The number of nitrogens with zero attached hydrogens (tertiary/aromatic N) is 2. The molecule has 0 atom stereocenters. The van der Waals surface area contributed by atoms with Gasteiger partial charge in [0.05, 0.1) is 11.2 Å². The van der Waals surface area contributed by atoms with Crippen LogP contribution in [-0.4, -0.2) is 22.6 Å². The lowest BCUT2D eigenvalue weighted by Gasteiger charge is -1.99. The molecule has 0 radical (unpaired) electrons. The van der Waals surface area contributed by atoms with E-state index in [2.05, 4.69) is 10.4 Å². The van der Waals surface area contributed by atoms with Crippen LogP contribution in [0, 0.1) is 6.92 Å².